The highest BCUT2D eigenvalue weighted by Gasteiger charge is 2.22. The van der Waals surface area contributed by atoms with Crippen LogP contribution in [0.4, 0.5) is 5.69 Å². The number of anilines is 1. The summed E-state index contributed by atoms with van der Waals surface area (Å²) in [4.78, 5) is 37.1. The van der Waals surface area contributed by atoms with Crippen LogP contribution in [-0.2, 0) is 26.1 Å². The minimum atomic E-state index is -3.83. The SMILES string of the molecule is CCn1nc(C(=O)OCC(=O)Nc2ccc(Cl)c(S(=O)(=O)N(C)C)c2)c2ccccc2c1=O. The van der Waals surface area contributed by atoms with Crippen LogP contribution in [0, 0.1) is 0 Å². The average Bonchev–Trinajstić information content (AvgIpc) is 2.79. The minimum Gasteiger partial charge on any atom is -0.451 e. The number of ether oxygens (including phenoxy) is 1. The molecule has 10 nitrogen and oxygen atoms in total. The summed E-state index contributed by atoms with van der Waals surface area (Å²) in [6.45, 7) is 1.31. The molecule has 3 aromatic rings. The van der Waals surface area contributed by atoms with Crippen molar-refractivity contribution in [2.75, 3.05) is 26.0 Å². The number of hydrogen-bond donors (Lipinski definition) is 1. The van der Waals surface area contributed by atoms with Crippen molar-refractivity contribution in [3.8, 4) is 0 Å². The lowest BCUT2D eigenvalue weighted by Crippen LogP contribution is -2.27. The highest BCUT2D eigenvalue weighted by atomic mass is 35.5. The Morgan fingerprint density at radius 1 is 1.15 bits per heavy atom. The van der Waals surface area contributed by atoms with Gasteiger partial charge in [0.05, 0.1) is 10.4 Å². The number of rotatable bonds is 7. The van der Waals surface area contributed by atoms with E-state index in [1.54, 1.807) is 31.2 Å². The molecule has 1 amide bonds. The van der Waals surface area contributed by atoms with Crippen LogP contribution in [0.1, 0.15) is 17.4 Å². The summed E-state index contributed by atoms with van der Waals surface area (Å²) < 4.78 is 32.0. The first-order chi connectivity index (χ1) is 15.6. The number of carbonyl (C=O) groups is 2. The molecule has 0 unspecified atom stereocenters. The third-order valence-corrected chi connectivity index (χ3v) is 6.97. The molecule has 1 heterocycles. The summed E-state index contributed by atoms with van der Waals surface area (Å²) in [5.41, 5.74) is -0.275. The predicted molar refractivity (Wildman–Crippen MR) is 123 cm³/mol. The molecule has 0 saturated heterocycles. The van der Waals surface area contributed by atoms with Crippen molar-refractivity contribution in [3.05, 3.63) is 63.5 Å². The molecule has 0 bridgehead atoms. The zero-order chi connectivity index (χ0) is 24.3. The minimum absolute atomic E-state index is 0.00266. The van der Waals surface area contributed by atoms with Crippen molar-refractivity contribution >= 4 is 50.0 Å². The van der Waals surface area contributed by atoms with E-state index in [2.05, 4.69) is 10.4 Å². The summed E-state index contributed by atoms with van der Waals surface area (Å²) in [6, 6.07) is 10.4. The molecule has 0 aliphatic rings. The summed E-state index contributed by atoms with van der Waals surface area (Å²) >= 11 is 6.00. The number of benzene rings is 2. The van der Waals surface area contributed by atoms with Gasteiger partial charge >= 0.3 is 5.97 Å². The number of esters is 1. The quantitative estimate of drug-likeness (QED) is 0.500. The molecule has 0 spiro atoms. The van der Waals surface area contributed by atoms with Crippen LogP contribution < -0.4 is 10.9 Å². The van der Waals surface area contributed by atoms with Gasteiger partial charge in [0, 0.05) is 31.7 Å². The Labute approximate surface area is 194 Å². The number of nitrogens with zero attached hydrogens (tertiary/aromatic N) is 3. The zero-order valence-corrected chi connectivity index (χ0v) is 19.6. The van der Waals surface area contributed by atoms with Crippen LogP contribution in [0.3, 0.4) is 0 Å². The molecule has 0 atom stereocenters. The topological polar surface area (TPSA) is 128 Å². The molecular formula is C21H21ClN4O6S. The number of halogens is 1. The second kappa shape index (κ2) is 9.69. The predicted octanol–water partition coefficient (Wildman–Crippen LogP) is 2.12. The van der Waals surface area contributed by atoms with Crippen LogP contribution in [0.5, 0.6) is 0 Å². The standard InChI is InChI=1S/C21H21ClN4O6S/c1-4-26-20(28)15-8-6-5-7-14(15)19(24-26)21(29)32-12-18(27)23-13-9-10-16(22)17(11-13)33(30,31)25(2)3/h5-11H,4,12H2,1-3H3,(H,23,27). The van der Waals surface area contributed by atoms with Crippen LogP contribution in [0.2, 0.25) is 5.02 Å². The van der Waals surface area contributed by atoms with E-state index in [1.165, 1.54) is 32.3 Å². The molecule has 3 rings (SSSR count). The number of nitrogens with one attached hydrogen (secondary N) is 1. The van der Waals surface area contributed by atoms with Crippen LogP contribution in [-0.4, -0.2) is 55.1 Å². The molecule has 2 aromatic carbocycles. The number of hydrogen-bond acceptors (Lipinski definition) is 7. The lowest BCUT2D eigenvalue weighted by Gasteiger charge is -2.14. The van der Waals surface area contributed by atoms with E-state index in [4.69, 9.17) is 16.3 Å². The fourth-order valence-corrected chi connectivity index (χ4v) is 4.37. The fourth-order valence-electron chi connectivity index (χ4n) is 2.97. The number of aryl methyl sites for hydroxylation is 1. The van der Waals surface area contributed by atoms with E-state index >= 15 is 0 Å². The molecule has 33 heavy (non-hydrogen) atoms. The number of sulfonamides is 1. The highest BCUT2D eigenvalue weighted by Crippen LogP contribution is 2.26. The summed E-state index contributed by atoms with van der Waals surface area (Å²) in [5, 5.41) is 7.14. The Bertz CT molecular complexity index is 1400. The van der Waals surface area contributed by atoms with Gasteiger partial charge in [-0.3, -0.25) is 9.59 Å². The Morgan fingerprint density at radius 3 is 2.45 bits per heavy atom. The van der Waals surface area contributed by atoms with Crippen LogP contribution >= 0.6 is 11.6 Å². The molecule has 174 valence electrons. The van der Waals surface area contributed by atoms with Gasteiger partial charge in [-0.15, -0.1) is 0 Å². The van der Waals surface area contributed by atoms with Crippen LogP contribution in [0.25, 0.3) is 10.8 Å². The van der Waals surface area contributed by atoms with Gasteiger partial charge in [-0.25, -0.2) is 22.2 Å². The van der Waals surface area contributed by atoms with Gasteiger partial charge in [0.2, 0.25) is 10.0 Å². The van der Waals surface area contributed by atoms with E-state index in [0.717, 1.165) is 8.99 Å². The second-order valence-corrected chi connectivity index (χ2v) is 9.60. The monoisotopic (exact) mass is 492 g/mol. The Kier molecular flexibility index (Phi) is 7.15. The van der Waals surface area contributed by atoms with E-state index in [9.17, 15) is 22.8 Å². The fraction of sp³-hybridized carbons (Fsp3) is 0.238. The van der Waals surface area contributed by atoms with Gasteiger partial charge in [0.25, 0.3) is 11.5 Å². The van der Waals surface area contributed by atoms with Crippen LogP contribution in [0.15, 0.2) is 52.2 Å². The molecular weight excluding hydrogens is 472 g/mol. The normalized spacial score (nSPS) is 11.5. The van der Waals surface area contributed by atoms with Crippen molar-refractivity contribution in [1.82, 2.24) is 14.1 Å². The van der Waals surface area contributed by atoms with Gasteiger partial charge < -0.3 is 10.1 Å². The van der Waals surface area contributed by atoms with E-state index in [1.807, 2.05) is 0 Å². The van der Waals surface area contributed by atoms with Crippen molar-refractivity contribution < 1.29 is 22.7 Å². The summed E-state index contributed by atoms with van der Waals surface area (Å²) in [6.07, 6.45) is 0. The molecule has 0 saturated carbocycles. The van der Waals surface area contributed by atoms with Gasteiger partial charge in [0.15, 0.2) is 12.3 Å². The smallest absolute Gasteiger partial charge is 0.359 e. The first-order valence-electron chi connectivity index (χ1n) is 9.75. The molecule has 0 radical (unpaired) electrons. The van der Waals surface area contributed by atoms with Crippen molar-refractivity contribution in [2.45, 2.75) is 18.4 Å². The van der Waals surface area contributed by atoms with E-state index < -0.39 is 28.5 Å². The van der Waals surface area contributed by atoms with Gasteiger partial charge in [-0.2, -0.15) is 5.10 Å². The number of fused-ring (bicyclic) bond motifs is 1. The lowest BCUT2D eigenvalue weighted by molar-refractivity contribution is -0.119. The molecule has 0 aliphatic carbocycles. The highest BCUT2D eigenvalue weighted by molar-refractivity contribution is 7.89. The molecule has 12 heteroatoms. The molecule has 1 N–H and O–H groups in total. The zero-order valence-electron chi connectivity index (χ0n) is 18.0. The number of amides is 1. The van der Waals surface area contributed by atoms with E-state index in [-0.39, 0.29) is 33.4 Å². The summed E-state index contributed by atoms with van der Waals surface area (Å²) in [5.74, 6) is -1.58. The number of carbonyl (C=O) groups excluding carboxylic acids is 2. The average molecular weight is 493 g/mol. The molecule has 1 aromatic heterocycles. The Morgan fingerprint density at radius 2 is 1.82 bits per heavy atom. The van der Waals surface area contributed by atoms with Gasteiger partial charge in [-0.05, 0) is 31.2 Å². The maximum absolute atomic E-state index is 12.6. The van der Waals surface area contributed by atoms with Gasteiger partial charge in [0.1, 0.15) is 4.90 Å². The first kappa shape index (κ1) is 24.4. The third-order valence-electron chi connectivity index (χ3n) is 4.67. The summed E-state index contributed by atoms with van der Waals surface area (Å²) in [7, 11) is -1.12. The Hall–Kier alpha value is -3.28. The Balaban J connectivity index is 1.77. The van der Waals surface area contributed by atoms with Gasteiger partial charge in [-0.1, -0.05) is 29.8 Å². The third kappa shape index (κ3) is 5.05. The van der Waals surface area contributed by atoms with Crippen molar-refractivity contribution in [3.63, 3.8) is 0 Å². The maximum Gasteiger partial charge on any atom is 0.359 e. The first-order valence-corrected chi connectivity index (χ1v) is 11.6. The lowest BCUT2D eigenvalue weighted by atomic mass is 10.1. The van der Waals surface area contributed by atoms with E-state index in [0.29, 0.717) is 10.8 Å². The maximum atomic E-state index is 12.6. The van der Waals surface area contributed by atoms with Crippen molar-refractivity contribution in [1.29, 1.82) is 0 Å². The van der Waals surface area contributed by atoms with Crippen molar-refractivity contribution in [2.24, 2.45) is 0 Å². The largest absolute Gasteiger partial charge is 0.451 e. The molecule has 0 fully saturated rings. The second-order valence-electron chi connectivity index (χ2n) is 7.07. The molecule has 0 aliphatic heterocycles. The number of aromatic nitrogens is 2.